The van der Waals surface area contributed by atoms with Crippen LogP contribution >= 0.6 is 0 Å². The van der Waals surface area contributed by atoms with Crippen LogP contribution in [0.15, 0.2) is 0 Å². The zero-order chi connectivity index (χ0) is 8.60. The van der Waals surface area contributed by atoms with E-state index in [4.69, 9.17) is 4.74 Å². The molecule has 0 radical (unpaired) electrons. The Labute approximate surface area is 70.3 Å². The molecule has 0 aromatic heterocycles. The monoisotopic (exact) mass is 177 g/mol. The first-order chi connectivity index (χ1) is 5.66. The molecule has 2 rings (SSSR count). The van der Waals surface area contributed by atoms with Gasteiger partial charge in [0.1, 0.15) is 0 Å². The summed E-state index contributed by atoms with van der Waals surface area (Å²) in [6, 6.07) is 0. The number of ether oxygens (including phenoxy) is 1. The summed E-state index contributed by atoms with van der Waals surface area (Å²) in [6.45, 7) is 1.77. The van der Waals surface area contributed by atoms with Crippen molar-refractivity contribution in [3.8, 4) is 0 Å². The van der Waals surface area contributed by atoms with Crippen LogP contribution in [0.1, 0.15) is 19.3 Å². The van der Waals surface area contributed by atoms with Gasteiger partial charge < -0.3 is 10.1 Å². The van der Waals surface area contributed by atoms with Crippen molar-refractivity contribution in [1.82, 2.24) is 5.32 Å². The quantitative estimate of drug-likeness (QED) is 0.683. The average molecular weight is 177 g/mol. The molecule has 1 aliphatic carbocycles. The smallest absolute Gasteiger partial charge is 0.253 e. The first kappa shape index (κ1) is 8.38. The van der Waals surface area contributed by atoms with Crippen molar-refractivity contribution in [2.45, 2.75) is 37.4 Å². The highest BCUT2D eigenvalue weighted by Crippen LogP contribution is 2.40. The average Bonchev–Trinajstić information content (AvgIpc) is 2.35. The summed E-state index contributed by atoms with van der Waals surface area (Å²) in [5, 5.41) is 3.13. The SMILES string of the molecule is FC1(F)CC(OC2CCNC2)C1. The predicted octanol–water partition coefficient (Wildman–Crippen LogP) is 1.16. The number of hydrogen-bond acceptors (Lipinski definition) is 2. The molecule has 1 aliphatic heterocycles. The van der Waals surface area contributed by atoms with Crippen molar-refractivity contribution in [2.75, 3.05) is 13.1 Å². The first-order valence-electron chi connectivity index (χ1n) is 4.40. The molecule has 1 N–H and O–H groups in total. The van der Waals surface area contributed by atoms with E-state index in [1.807, 2.05) is 0 Å². The molecule has 2 fully saturated rings. The summed E-state index contributed by atoms with van der Waals surface area (Å²) in [4.78, 5) is 0. The largest absolute Gasteiger partial charge is 0.373 e. The van der Waals surface area contributed by atoms with Gasteiger partial charge in [0, 0.05) is 19.4 Å². The third kappa shape index (κ3) is 1.75. The lowest BCUT2D eigenvalue weighted by Crippen LogP contribution is -2.43. The molecule has 1 heterocycles. The van der Waals surface area contributed by atoms with Gasteiger partial charge in [-0.15, -0.1) is 0 Å². The molecule has 1 unspecified atom stereocenters. The Morgan fingerprint density at radius 3 is 2.50 bits per heavy atom. The Morgan fingerprint density at radius 1 is 1.25 bits per heavy atom. The maximum atomic E-state index is 12.4. The molecule has 70 valence electrons. The zero-order valence-electron chi connectivity index (χ0n) is 6.85. The van der Waals surface area contributed by atoms with Gasteiger partial charge in [0.25, 0.3) is 5.92 Å². The molecular weight excluding hydrogens is 164 g/mol. The van der Waals surface area contributed by atoms with Crippen molar-refractivity contribution >= 4 is 0 Å². The number of rotatable bonds is 2. The summed E-state index contributed by atoms with van der Waals surface area (Å²) in [7, 11) is 0. The van der Waals surface area contributed by atoms with Gasteiger partial charge in [-0.3, -0.25) is 0 Å². The Bertz CT molecular complexity index is 160. The van der Waals surface area contributed by atoms with Crippen LogP contribution in [0, 0.1) is 0 Å². The van der Waals surface area contributed by atoms with E-state index < -0.39 is 5.92 Å². The molecule has 1 saturated heterocycles. The van der Waals surface area contributed by atoms with E-state index in [-0.39, 0.29) is 25.0 Å². The van der Waals surface area contributed by atoms with Crippen LogP contribution in [0.25, 0.3) is 0 Å². The number of halogens is 2. The molecule has 2 nitrogen and oxygen atoms in total. The summed E-state index contributed by atoms with van der Waals surface area (Å²) in [5.74, 6) is -2.45. The molecule has 12 heavy (non-hydrogen) atoms. The van der Waals surface area contributed by atoms with E-state index in [9.17, 15) is 8.78 Å². The predicted molar refractivity (Wildman–Crippen MR) is 40.3 cm³/mol. The van der Waals surface area contributed by atoms with Gasteiger partial charge in [0.15, 0.2) is 0 Å². The topological polar surface area (TPSA) is 21.3 Å². The highest BCUT2D eigenvalue weighted by atomic mass is 19.3. The summed E-state index contributed by atoms with van der Waals surface area (Å²) < 4.78 is 30.2. The van der Waals surface area contributed by atoms with Crippen molar-refractivity contribution < 1.29 is 13.5 Å². The molecule has 0 aromatic carbocycles. The molecule has 1 saturated carbocycles. The van der Waals surface area contributed by atoms with Gasteiger partial charge in [-0.1, -0.05) is 0 Å². The fourth-order valence-electron chi connectivity index (χ4n) is 1.72. The van der Waals surface area contributed by atoms with Crippen LogP contribution < -0.4 is 5.32 Å². The molecule has 0 aromatic rings. The second-order valence-electron chi connectivity index (χ2n) is 3.64. The minimum absolute atomic E-state index is 0.0799. The lowest BCUT2D eigenvalue weighted by atomic mass is 9.91. The van der Waals surface area contributed by atoms with Gasteiger partial charge in [0.2, 0.25) is 0 Å². The maximum Gasteiger partial charge on any atom is 0.253 e. The first-order valence-corrected chi connectivity index (χ1v) is 4.40. The zero-order valence-corrected chi connectivity index (χ0v) is 6.85. The molecular formula is C8H13F2NO. The van der Waals surface area contributed by atoms with Crippen molar-refractivity contribution in [3.05, 3.63) is 0 Å². The molecule has 0 amide bonds. The Hall–Kier alpha value is -0.220. The van der Waals surface area contributed by atoms with Crippen LogP contribution in [-0.4, -0.2) is 31.2 Å². The summed E-state index contributed by atoms with van der Waals surface area (Å²) >= 11 is 0. The van der Waals surface area contributed by atoms with Gasteiger partial charge >= 0.3 is 0 Å². The van der Waals surface area contributed by atoms with E-state index >= 15 is 0 Å². The lowest BCUT2D eigenvalue weighted by Gasteiger charge is -2.36. The molecule has 2 aliphatic rings. The number of nitrogens with one attached hydrogen (secondary N) is 1. The highest BCUT2D eigenvalue weighted by Gasteiger charge is 2.46. The third-order valence-electron chi connectivity index (χ3n) is 2.45. The summed E-state index contributed by atoms with van der Waals surface area (Å²) in [5.41, 5.74) is 0. The van der Waals surface area contributed by atoms with Crippen LogP contribution in [0.5, 0.6) is 0 Å². The van der Waals surface area contributed by atoms with Gasteiger partial charge in [0.05, 0.1) is 12.2 Å². The standard InChI is InChI=1S/C8H13F2NO/c9-8(10)3-7(4-8)12-6-1-2-11-5-6/h6-7,11H,1-5H2. The molecule has 4 heteroatoms. The number of alkyl halides is 2. The van der Waals surface area contributed by atoms with Crippen molar-refractivity contribution in [1.29, 1.82) is 0 Å². The fraction of sp³-hybridized carbons (Fsp3) is 1.00. The molecule has 0 spiro atoms. The minimum Gasteiger partial charge on any atom is -0.373 e. The second-order valence-corrected chi connectivity index (χ2v) is 3.64. The second kappa shape index (κ2) is 2.92. The van der Waals surface area contributed by atoms with E-state index in [1.165, 1.54) is 0 Å². The molecule has 1 atom stereocenters. The molecule has 0 bridgehead atoms. The maximum absolute atomic E-state index is 12.4. The van der Waals surface area contributed by atoms with Gasteiger partial charge in [-0.25, -0.2) is 8.78 Å². The van der Waals surface area contributed by atoms with E-state index in [2.05, 4.69) is 5.32 Å². The summed E-state index contributed by atoms with van der Waals surface area (Å²) in [6.07, 6.45) is 0.783. The fourth-order valence-corrected chi connectivity index (χ4v) is 1.72. The van der Waals surface area contributed by atoms with Gasteiger partial charge in [-0.05, 0) is 13.0 Å². The third-order valence-corrected chi connectivity index (χ3v) is 2.45. The Balaban J connectivity index is 1.69. The normalized spacial score (nSPS) is 35.0. The van der Waals surface area contributed by atoms with Crippen molar-refractivity contribution in [3.63, 3.8) is 0 Å². The van der Waals surface area contributed by atoms with Crippen LogP contribution in [0.4, 0.5) is 8.78 Å². The van der Waals surface area contributed by atoms with E-state index in [0.29, 0.717) is 0 Å². The van der Waals surface area contributed by atoms with Crippen molar-refractivity contribution in [2.24, 2.45) is 0 Å². The Morgan fingerprint density at radius 2 is 2.00 bits per heavy atom. The minimum atomic E-state index is -2.45. The van der Waals surface area contributed by atoms with Crippen LogP contribution in [0.2, 0.25) is 0 Å². The van der Waals surface area contributed by atoms with E-state index in [1.54, 1.807) is 0 Å². The van der Waals surface area contributed by atoms with E-state index in [0.717, 1.165) is 19.5 Å². The van der Waals surface area contributed by atoms with Gasteiger partial charge in [-0.2, -0.15) is 0 Å². The van der Waals surface area contributed by atoms with Crippen LogP contribution in [0.3, 0.4) is 0 Å². The number of hydrogen-bond donors (Lipinski definition) is 1. The lowest BCUT2D eigenvalue weighted by molar-refractivity contribution is -0.178. The van der Waals surface area contributed by atoms with Crippen LogP contribution in [-0.2, 0) is 4.74 Å². The Kier molecular flexibility index (Phi) is 2.04. The highest BCUT2D eigenvalue weighted by molar-refractivity contribution is 4.88.